The van der Waals surface area contributed by atoms with E-state index in [0.29, 0.717) is 0 Å². The quantitative estimate of drug-likeness (QED) is 0.668. The first kappa shape index (κ1) is 23.1. The number of carbonyl (C=O) groups is 1. The van der Waals surface area contributed by atoms with Gasteiger partial charge in [-0.15, -0.1) is 0 Å². The molecular formula is C21H22F2N4O5S. The number of anilines is 1. The summed E-state index contributed by atoms with van der Waals surface area (Å²) < 4.78 is 62.4. The van der Waals surface area contributed by atoms with Crippen LogP contribution in [0.15, 0.2) is 41.5 Å². The number of ether oxygens (including phenoxy) is 2. The van der Waals surface area contributed by atoms with Crippen LogP contribution in [0, 0.1) is 5.82 Å². The maximum atomic E-state index is 15.0. The van der Waals surface area contributed by atoms with E-state index in [1.807, 2.05) is 0 Å². The Kier molecular flexibility index (Phi) is 5.61. The Balaban J connectivity index is 1.70. The number of nitrogens with two attached hydrogens (primary N) is 1. The number of aromatic nitrogens is 1. The lowest BCUT2D eigenvalue weighted by atomic mass is 9.87. The summed E-state index contributed by atoms with van der Waals surface area (Å²) in [7, 11) is -3.88. The van der Waals surface area contributed by atoms with Gasteiger partial charge in [0, 0.05) is 11.3 Å². The van der Waals surface area contributed by atoms with Crippen molar-refractivity contribution in [2.75, 3.05) is 25.4 Å². The second-order valence-corrected chi connectivity index (χ2v) is 10.9. The van der Waals surface area contributed by atoms with Crippen LogP contribution >= 0.6 is 0 Å². The predicted molar refractivity (Wildman–Crippen MR) is 116 cm³/mol. The van der Waals surface area contributed by atoms with E-state index in [0.717, 1.165) is 6.07 Å². The van der Waals surface area contributed by atoms with E-state index < -0.39 is 44.0 Å². The number of amides is 1. The number of carbonyl (C=O) groups excluding carboxylic acids is 1. The van der Waals surface area contributed by atoms with Gasteiger partial charge in [0.25, 0.3) is 5.91 Å². The molecule has 0 saturated carbocycles. The highest BCUT2D eigenvalue weighted by atomic mass is 32.2. The first-order valence-corrected chi connectivity index (χ1v) is 11.5. The molecule has 1 saturated heterocycles. The molecule has 4 rings (SSSR count). The van der Waals surface area contributed by atoms with Crippen LogP contribution in [-0.2, 0) is 20.1 Å². The van der Waals surface area contributed by atoms with Gasteiger partial charge in [-0.05, 0) is 44.2 Å². The summed E-state index contributed by atoms with van der Waals surface area (Å²) in [6, 6.07) is 6.47. The molecule has 176 valence electrons. The molecule has 12 heteroatoms. The van der Waals surface area contributed by atoms with Crippen LogP contribution < -0.4 is 15.8 Å². The van der Waals surface area contributed by atoms with Crippen molar-refractivity contribution in [1.82, 2.24) is 4.98 Å². The molecule has 1 aromatic heterocycles. The molecule has 0 spiro atoms. The Hall–Kier alpha value is -3.12. The monoisotopic (exact) mass is 480 g/mol. The molecule has 2 aliphatic rings. The van der Waals surface area contributed by atoms with E-state index in [4.69, 9.17) is 10.5 Å². The molecule has 0 radical (unpaired) electrons. The van der Waals surface area contributed by atoms with Crippen LogP contribution in [0.2, 0.25) is 0 Å². The highest BCUT2D eigenvalue weighted by molar-refractivity contribution is 7.94. The summed E-state index contributed by atoms with van der Waals surface area (Å²) in [5, 5.41) is 1.45. The number of amidine groups is 1. The molecule has 3 heterocycles. The third-order valence-corrected chi connectivity index (χ3v) is 8.93. The zero-order valence-corrected chi connectivity index (χ0v) is 18.7. The van der Waals surface area contributed by atoms with Gasteiger partial charge in [-0.3, -0.25) is 9.79 Å². The molecule has 1 aromatic carbocycles. The number of rotatable bonds is 5. The highest BCUT2D eigenvalue weighted by Gasteiger charge is 2.62. The summed E-state index contributed by atoms with van der Waals surface area (Å²) in [4.78, 5) is 20.9. The number of hydrogen-bond acceptors (Lipinski definition) is 8. The smallest absolute Gasteiger partial charge is 0.274 e. The fraction of sp³-hybridized carbons (Fsp3) is 0.381. The zero-order valence-electron chi connectivity index (χ0n) is 17.8. The van der Waals surface area contributed by atoms with E-state index in [1.165, 1.54) is 44.3 Å². The number of benzene rings is 1. The minimum atomic E-state index is -3.88. The number of aliphatic imine (C=N–C) groups is 1. The number of nitrogens with zero attached hydrogens (tertiary/aromatic N) is 2. The summed E-state index contributed by atoms with van der Waals surface area (Å²) in [5.74, 6) is -1.31. The van der Waals surface area contributed by atoms with Crippen LogP contribution in [0.5, 0.6) is 5.75 Å². The third kappa shape index (κ3) is 3.62. The minimum absolute atomic E-state index is 0.0107. The van der Waals surface area contributed by atoms with Crippen LogP contribution in [0.3, 0.4) is 0 Å². The number of fused-ring (bicyclic) bond motifs is 1. The molecule has 33 heavy (non-hydrogen) atoms. The van der Waals surface area contributed by atoms with Crippen molar-refractivity contribution in [3.05, 3.63) is 53.6 Å². The second-order valence-electron chi connectivity index (χ2n) is 8.26. The fourth-order valence-electron chi connectivity index (χ4n) is 3.96. The molecule has 2 atom stereocenters. The van der Waals surface area contributed by atoms with Gasteiger partial charge in [-0.25, -0.2) is 22.2 Å². The molecule has 3 N–H and O–H groups in total. The molecule has 1 amide bonds. The maximum absolute atomic E-state index is 15.0. The fourth-order valence-corrected chi connectivity index (χ4v) is 6.04. The standard InChI is InChI=1S/C21H22F2N4O5S/c1-20(2)19(24)27-21(10-31-9-17(21)33(20,29)30)14-7-12(3-5-15(14)23)26-18(28)16-6-4-13(8-25-16)32-11-22/h3-8,17H,9-11H2,1-2H3,(H2,24,27)(H,26,28)/t17-,21-/m1/s1. The minimum Gasteiger partial charge on any atom is -0.461 e. The lowest BCUT2D eigenvalue weighted by Gasteiger charge is -2.41. The Bertz CT molecular complexity index is 1230. The summed E-state index contributed by atoms with van der Waals surface area (Å²) in [6.45, 7) is 1.54. The average Bonchev–Trinajstić information content (AvgIpc) is 3.20. The number of sulfone groups is 1. The summed E-state index contributed by atoms with van der Waals surface area (Å²) in [6.07, 6.45) is 1.19. The van der Waals surface area contributed by atoms with E-state index in [1.54, 1.807) is 0 Å². The average molecular weight is 480 g/mol. The SMILES string of the molecule is CC1(C)C(N)=N[C@@]2(c3cc(NC(=O)c4ccc(OCF)cn4)ccc3F)COC[C@H]2S1(=O)=O. The number of alkyl halides is 1. The van der Waals surface area contributed by atoms with Crippen LogP contribution in [0.25, 0.3) is 0 Å². The van der Waals surface area contributed by atoms with Gasteiger partial charge < -0.3 is 20.5 Å². The van der Waals surface area contributed by atoms with Gasteiger partial charge in [-0.1, -0.05) is 0 Å². The number of nitrogens with one attached hydrogen (secondary N) is 1. The molecular weight excluding hydrogens is 458 g/mol. The maximum Gasteiger partial charge on any atom is 0.274 e. The van der Waals surface area contributed by atoms with E-state index >= 15 is 4.39 Å². The van der Waals surface area contributed by atoms with E-state index in [9.17, 15) is 17.6 Å². The van der Waals surface area contributed by atoms with Gasteiger partial charge in [0.2, 0.25) is 6.86 Å². The molecule has 0 aliphatic carbocycles. The van der Waals surface area contributed by atoms with Crippen molar-refractivity contribution in [2.24, 2.45) is 10.7 Å². The largest absolute Gasteiger partial charge is 0.461 e. The molecule has 0 bridgehead atoms. The summed E-state index contributed by atoms with van der Waals surface area (Å²) >= 11 is 0. The molecule has 9 nitrogen and oxygen atoms in total. The Morgan fingerprint density at radius 2 is 2.09 bits per heavy atom. The third-order valence-electron chi connectivity index (χ3n) is 6.03. The van der Waals surface area contributed by atoms with Crippen LogP contribution in [0.1, 0.15) is 29.9 Å². The Morgan fingerprint density at radius 3 is 2.76 bits per heavy atom. The van der Waals surface area contributed by atoms with Gasteiger partial charge in [0.05, 0.1) is 19.4 Å². The van der Waals surface area contributed by atoms with E-state index in [2.05, 4.69) is 20.0 Å². The highest BCUT2D eigenvalue weighted by Crippen LogP contribution is 2.47. The van der Waals surface area contributed by atoms with Gasteiger partial charge >= 0.3 is 0 Å². The van der Waals surface area contributed by atoms with Gasteiger partial charge in [-0.2, -0.15) is 0 Å². The van der Waals surface area contributed by atoms with Crippen LogP contribution in [-0.4, -0.2) is 55.2 Å². The van der Waals surface area contributed by atoms with Gasteiger partial charge in [0.15, 0.2) is 9.84 Å². The number of pyridine rings is 1. The zero-order chi connectivity index (χ0) is 24.0. The van der Waals surface area contributed by atoms with Crippen molar-refractivity contribution in [2.45, 2.75) is 29.4 Å². The van der Waals surface area contributed by atoms with E-state index in [-0.39, 0.29) is 41.7 Å². The lowest BCUT2D eigenvalue weighted by molar-refractivity contribution is 0.102. The molecule has 1 fully saturated rings. The van der Waals surface area contributed by atoms with Gasteiger partial charge in [0.1, 0.15) is 38.6 Å². The van der Waals surface area contributed by atoms with Crippen molar-refractivity contribution in [3.63, 3.8) is 0 Å². The first-order valence-electron chi connectivity index (χ1n) is 9.96. The second kappa shape index (κ2) is 8.03. The van der Waals surface area contributed by atoms with Crippen LogP contribution in [0.4, 0.5) is 14.5 Å². The number of halogens is 2. The topological polar surface area (TPSA) is 133 Å². The Labute approximate surface area is 188 Å². The molecule has 2 aliphatic heterocycles. The predicted octanol–water partition coefficient (Wildman–Crippen LogP) is 1.94. The van der Waals surface area contributed by atoms with Crippen molar-refractivity contribution < 1.29 is 31.5 Å². The van der Waals surface area contributed by atoms with Crippen molar-refractivity contribution in [3.8, 4) is 5.75 Å². The first-order chi connectivity index (χ1) is 15.5. The normalized spacial score (nSPS) is 25.1. The lowest BCUT2D eigenvalue weighted by Crippen LogP contribution is -2.60. The molecule has 0 unspecified atom stereocenters. The van der Waals surface area contributed by atoms with Crippen molar-refractivity contribution >= 4 is 27.3 Å². The number of hydrogen-bond donors (Lipinski definition) is 2. The van der Waals surface area contributed by atoms with Crippen molar-refractivity contribution in [1.29, 1.82) is 0 Å². The Morgan fingerprint density at radius 1 is 1.33 bits per heavy atom. The summed E-state index contributed by atoms with van der Waals surface area (Å²) in [5.41, 5.74) is 4.60. The molecule has 2 aromatic rings.